The number of nitrogens with zero attached hydrogens (tertiary/aromatic N) is 3. The van der Waals surface area contributed by atoms with Crippen molar-refractivity contribution in [2.45, 2.75) is 86.1 Å². The number of hydrogen-bond donors (Lipinski definition) is 2. The van der Waals surface area contributed by atoms with Crippen molar-refractivity contribution < 1.29 is 9.59 Å². The lowest BCUT2D eigenvalue weighted by atomic mass is 9.92. The fourth-order valence-corrected chi connectivity index (χ4v) is 3.39. The van der Waals surface area contributed by atoms with Crippen LogP contribution < -0.4 is 10.6 Å². The molecule has 33 heavy (non-hydrogen) atoms. The van der Waals surface area contributed by atoms with Gasteiger partial charge in [-0.15, -0.1) is 0 Å². The summed E-state index contributed by atoms with van der Waals surface area (Å²) in [6.45, 7) is 19.0. The number of aromatic nitrogens is 2. The van der Waals surface area contributed by atoms with E-state index in [0.717, 1.165) is 35.3 Å². The molecule has 1 heterocycles. The summed E-state index contributed by atoms with van der Waals surface area (Å²) in [5, 5.41) is 10.7. The van der Waals surface area contributed by atoms with Gasteiger partial charge >= 0.3 is 6.03 Å². The lowest BCUT2D eigenvalue weighted by molar-refractivity contribution is -0.116. The Labute approximate surface area is 198 Å². The van der Waals surface area contributed by atoms with E-state index in [0.29, 0.717) is 12.4 Å². The van der Waals surface area contributed by atoms with Crippen molar-refractivity contribution in [2.75, 3.05) is 23.7 Å². The maximum atomic E-state index is 13.0. The minimum Gasteiger partial charge on any atom is -0.315 e. The van der Waals surface area contributed by atoms with Crippen LogP contribution in [0.1, 0.15) is 78.1 Å². The number of hydrogen-bond acceptors (Lipinski definition) is 3. The average Bonchev–Trinajstić information content (AvgIpc) is 3.13. The maximum Gasteiger partial charge on any atom is 0.322 e. The molecule has 182 valence electrons. The van der Waals surface area contributed by atoms with Gasteiger partial charge < -0.3 is 15.5 Å². The third-order valence-electron chi connectivity index (χ3n) is 5.63. The largest absolute Gasteiger partial charge is 0.322 e. The first-order valence-corrected chi connectivity index (χ1v) is 11.8. The summed E-state index contributed by atoms with van der Waals surface area (Å²) in [4.78, 5) is 27.6. The average molecular weight is 456 g/mol. The second kappa shape index (κ2) is 10.4. The maximum absolute atomic E-state index is 13.0. The quantitative estimate of drug-likeness (QED) is 0.552. The van der Waals surface area contributed by atoms with Gasteiger partial charge in [0.15, 0.2) is 0 Å². The van der Waals surface area contributed by atoms with E-state index in [1.165, 1.54) is 0 Å². The smallest absolute Gasteiger partial charge is 0.315 e. The molecule has 0 fully saturated rings. The highest BCUT2D eigenvalue weighted by Crippen LogP contribution is 2.28. The molecule has 2 N–H and O–H groups in total. The number of urea groups is 1. The van der Waals surface area contributed by atoms with Gasteiger partial charge in [-0.05, 0) is 58.2 Å². The Morgan fingerprint density at radius 3 is 2.30 bits per heavy atom. The Morgan fingerprint density at radius 2 is 1.73 bits per heavy atom. The van der Waals surface area contributed by atoms with E-state index in [1.807, 2.05) is 63.6 Å². The highest BCUT2D eigenvalue weighted by atomic mass is 16.2. The topological polar surface area (TPSA) is 79.3 Å². The van der Waals surface area contributed by atoms with Crippen LogP contribution in [0.3, 0.4) is 0 Å². The predicted octanol–water partition coefficient (Wildman–Crippen LogP) is 5.83. The van der Waals surface area contributed by atoms with E-state index in [1.54, 1.807) is 4.90 Å². The van der Waals surface area contributed by atoms with Crippen LogP contribution in [0.2, 0.25) is 0 Å². The van der Waals surface area contributed by atoms with Crippen LogP contribution in [0.15, 0.2) is 24.3 Å². The van der Waals surface area contributed by atoms with Crippen LogP contribution in [0.25, 0.3) is 0 Å². The van der Waals surface area contributed by atoms with E-state index in [4.69, 9.17) is 5.10 Å². The third kappa shape index (κ3) is 7.07. The zero-order valence-corrected chi connectivity index (χ0v) is 21.8. The zero-order valence-electron chi connectivity index (χ0n) is 21.8. The molecule has 2 rings (SSSR count). The molecular weight excluding hydrogens is 414 g/mol. The first-order chi connectivity index (χ1) is 15.2. The number of anilines is 2. The van der Waals surface area contributed by atoms with Crippen LogP contribution in [-0.4, -0.2) is 39.7 Å². The number of carbonyl (C=O) groups is 2. The number of nitrogens with one attached hydrogen (secondary N) is 2. The van der Waals surface area contributed by atoms with Crippen LogP contribution in [0.4, 0.5) is 16.3 Å². The monoisotopic (exact) mass is 455 g/mol. The van der Waals surface area contributed by atoms with Gasteiger partial charge in [0, 0.05) is 23.7 Å². The first-order valence-electron chi connectivity index (χ1n) is 11.8. The highest BCUT2D eigenvalue weighted by Gasteiger charge is 2.26. The van der Waals surface area contributed by atoms with Crippen LogP contribution in [-0.2, 0) is 15.7 Å². The van der Waals surface area contributed by atoms with Crippen LogP contribution in [0, 0.1) is 13.8 Å². The Morgan fingerprint density at radius 1 is 1.06 bits per heavy atom. The van der Waals surface area contributed by atoms with Crippen molar-refractivity contribution in [3.63, 3.8) is 0 Å². The Kier molecular flexibility index (Phi) is 8.33. The Hall–Kier alpha value is -2.83. The molecule has 0 aliphatic heterocycles. The van der Waals surface area contributed by atoms with Gasteiger partial charge in [-0.1, -0.05) is 46.2 Å². The molecule has 3 amide bonds. The first kappa shape index (κ1) is 26.4. The molecule has 2 aromatic rings. The second-order valence-electron chi connectivity index (χ2n) is 10.7. The normalized spacial score (nSPS) is 11.9. The molecule has 0 aliphatic rings. The van der Waals surface area contributed by atoms with Crippen molar-refractivity contribution in [1.29, 1.82) is 0 Å². The van der Waals surface area contributed by atoms with Crippen molar-refractivity contribution >= 4 is 23.4 Å². The number of amides is 3. The van der Waals surface area contributed by atoms with E-state index >= 15 is 0 Å². The van der Waals surface area contributed by atoms with Gasteiger partial charge in [0.2, 0.25) is 5.91 Å². The minimum absolute atomic E-state index is 0.0309. The number of carbonyl (C=O) groups excluding carboxylic acids is 2. The third-order valence-corrected chi connectivity index (χ3v) is 5.63. The molecule has 0 bridgehead atoms. The van der Waals surface area contributed by atoms with Gasteiger partial charge in [-0.2, -0.15) is 5.10 Å². The van der Waals surface area contributed by atoms with Crippen molar-refractivity contribution in [3.8, 4) is 0 Å². The summed E-state index contributed by atoms with van der Waals surface area (Å²) in [6, 6.07) is 7.47. The van der Waals surface area contributed by atoms with E-state index in [2.05, 4.69) is 38.3 Å². The van der Waals surface area contributed by atoms with Crippen LogP contribution >= 0.6 is 0 Å². The number of aryl methyl sites for hydroxylation is 1. The summed E-state index contributed by atoms with van der Waals surface area (Å²) in [7, 11) is 0. The number of benzene rings is 1. The molecule has 0 saturated carbocycles. The van der Waals surface area contributed by atoms with Crippen molar-refractivity contribution in [3.05, 3.63) is 41.1 Å². The van der Waals surface area contributed by atoms with Crippen molar-refractivity contribution in [2.24, 2.45) is 0 Å². The fourth-order valence-electron chi connectivity index (χ4n) is 3.39. The molecule has 1 aromatic carbocycles. The number of unbranched alkanes of at least 4 members (excludes halogenated alkanes) is 1. The molecule has 0 radical (unpaired) electrons. The predicted molar refractivity (Wildman–Crippen MR) is 136 cm³/mol. The van der Waals surface area contributed by atoms with Gasteiger partial charge in [0.1, 0.15) is 12.4 Å². The molecule has 0 atom stereocenters. The van der Waals surface area contributed by atoms with Crippen molar-refractivity contribution in [1.82, 2.24) is 14.7 Å². The van der Waals surface area contributed by atoms with E-state index in [9.17, 15) is 9.59 Å². The van der Waals surface area contributed by atoms with Crippen LogP contribution in [0.5, 0.6) is 0 Å². The van der Waals surface area contributed by atoms with Gasteiger partial charge in [0.25, 0.3) is 0 Å². The summed E-state index contributed by atoms with van der Waals surface area (Å²) in [5.41, 5.74) is 3.36. The van der Waals surface area contributed by atoms with Gasteiger partial charge in [0.05, 0.1) is 11.2 Å². The molecule has 0 spiro atoms. The minimum atomic E-state index is -0.298. The SMILES string of the molecule is CCCCN(CC(=O)Nc1cc(C(C)(C)C)nn1C(C)(C)C)C(=O)Nc1cccc(C)c1C. The molecule has 1 aromatic heterocycles. The Balaban J connectivity index is 2.21. The molecule has 0 aliphatic carbocycles. The lowest BCUT2D eigenvalue weighted by Gasteiger charge is -2.25. The lowest BCUT2D eigenvalue weighted by Crippen LogP contribution is -2.41. The summed E-state index contributed by atoms with van der Waals surface area (Å²) < 4.78 is 1.85. The summed E-state index contributed by atoms with van der Waals surface area (Å²) in [6.07, 6.45) is 1.75. The standard InChI is InChI=1S/C26H41N5O2/c1-10-11-15-30(24(33)27-20-14-12-13-18(2)19(20)3)17-23(32)28-22-16-21(25(4,5)6)29-31(22)26(7,8)9/h12-14,16H,10-11,15,17H2,1-9H3,(H,27,33)(H,28,32). The Bertz CT molecular complexity index is 980. The summed E-state index contributed by atoms with van der Waals surface area (Å²) >= 11 is 0. The fraction of sp³-hybridized carbons (Fsp3) is 0.577. The molecule has 7 nitrogen and oxygen atoms in total. The molecular formula is C26H41N5O2. The van der Waals surface area contributed by atoms with E-state index in [-0.39, 0.29) is 29.4 Å². The molecule has 0 saturated heterocycles. The molecule has 7 heteroatoms. The zero-order chi connectivity index (χ0) is 25.0. The summed E-state index contributed by atoms with van der Waals surface area (Å²) in [5.74, 6) is 0.399. The second-order valence-corrected chi connectivity index (χ2v) is 10.7. The van der Waals surface area contributed by atoms with Gasteiger partial charge in [-0.3, -0.25) is 4.79 Å². The van der Waals surface area contributed by atoms with Gasteiger partial charge in [-0.25, -0.2) is 9.48 Å². The number of rotatable bonds is 7. The highest BCUT2D eigenvalue weighted by molar-refractivity contribution is 5.97. The molecule has 0 unspecified atom stereocenters. The van der Waals surface area contributed by atoms with E-state index < -0.39 is 0 Å².